The molecule has 2 heterocycles. The first kappa shape index (κ1) is 13.4. The van der Waals surface area contributed by atoms with Crippen LogP contribution in [0.25, 0.3) is 0 Å². The summed E-state index contributed by atoms with van der Waals surface area (Å²) in [5, 5.41) is 3.82. The zero-order chi connectivity index (χ0) is 12.1. The van der Waals surface area contributed by atoms with Gasteiger partial charge in [-0.05, 0) is 65.1 Å². The molecule has 100 valence electrons. The van der Waals surface area contributed by atoms with Crippen LogP contribution in [-0.4, -0.2) is 36.6 Å². The Morgan fingerprint density at radius 2 is 2.12 bits per heavy atom. The third-order valence-corrected chi connectivity index (χ3v) is 5.14. The highest BCUT2D eigenvalue weighted by atomic mass is 15.1. The minimum absolute atomic E-state index is 0.483. The Morgan fingerprint density at radius 3 is 2.76 bits per heavy atom. The Hall–Kier alpha value is -0.0800. The number of nitrogens with one attached hydrogen (secondary N) is 1. The molecule has 2 rings (SSSR count). The summed E-state index contributed by atoms with van der Waals surface area (Å²) in [5.74, 6) is 0. The summed E-state index contributed by atoms with van der Waals surface area (Å²) in [7, 11) is 2.32. The van der Waals surface area contributed by atoms with Gasteiger partial charge >= 0.3 is 0 Å². The molecule has 2 saturated heterocycles. The van der Waals surface area contributed by atoms with Gasteiger partial charge in [0.05, 0.1) is 0 Å². The normalized spacial score (nSPS) is 36.0. The van der Waals surface area contributed by atoms with E-state index >= 15 is 0 Å². The van der Waals surface area contributed by atoms with Gasteiger partial charge in [-0.3, -0.25) is 0 Å². The molecule has 0 saturated carbocycles. The molecule has 0 aromatic carbocycles. The highest BCUT2D eigenvalue weighted by Crippen LogP contribution is 2.30. The predicted octanol–water partition coefficient (Wildman–Crippen LogP) is 3.17. The first-order valence-electron chi connectivity index (χ1n) is 7.71. The summed E-state index contributed by atoms with van der Waals surface area (Å²) in [6, 6.07) is 0.857. The van der Waals surface area contributed by atoms with E-state index in [4.69, 9.17) is 0 Å². The summed E-state index contributed by atoms with van der Waals surface area (Å²) < 4.78 is 0. The molecular formula is C15H30N2. The van der Waals surface area contributed by atoms with Crippen LogP contribution in [0.2, 0.25) is 0 Å². The van der Waals surface area contributed by atoms with Crippen molar-refractivity contribution in [2.75, 3.05) is 20.1 Å². The number of hydrogen-bond donors (Lipinski definition) is 1. The van der Waals surface area contributed by atoms with Crippen molar-refractivity contribution in [3.63, 3.8) is 0 Å². The minimum atomic E-state index is 0.483. The van der Waals surface area contributed by atoms with Crippen molar-refractivity contribution in [1.82, 2.24) is 10.2 Å². The first-order chi connectivity index (χ1) is 8.26. The Balaban J connectivity index is 1.82. The highest BCUT2D eigenvalue weighted by molar-refractivity contribution is 4.91. The summed E-state index contributed by atoms with van der Waals surface area (Å²) in [6.45, 7) is 4.93. The highest BCUT2D eigenvalue weighted by Gasteiger charge is 2.31. The molecule has 0 amide bonds. The van der Waals surface area contributed by atoms with Gasteiger partial charge in [0.1, 0.15) is 0 Å². The number of rotatable bonds is 4. The molecule has 0 aromatic heterocycles. The van der Waals surface area contributed by atoms with Crippen LogP contribution in [0.1, 0.15) is 64.7 Å². The average molecular weight is 238 g/mol. The Bertz CT molecular complexity index is 221. The van der Waals surface area contributed by atoms with Crippen molar-refractivity contribution in [3.8, 4) is 0 Å². The third-order valence-electron chi connectivity index (χ3n) is 5.14. The fraction of sp³-hybridized carbons (Fsp3) is 1.00. The first-order valence-corrected chi connectivity index (χ1v) is 7.71. The number of hydrogen-bond acceptors (Lipinski definition) is 2. The molecule has 2 aliphatic heterocycles. The summed E-state index contributed by atoms with van der Waals surface area (Å²) >= 11 is 0. The molecule has 2 unspecified atom stereocenters. The lowest BCUT2D eigenvalue weighted by molar-refractivity contribution is 0.145. The molecular weight excluding hydrogens is 208 g/mol. The average Bonchev–Trinajstić information content (AvgIpc) is 2.39. The standard InChI is InChI=1S/C15H30N2/c1-3-15(10-5-6-12-16-15)11-9-14-8-4-7-13-17(14)2/h14,16H,3-13H2,1-2H3. The molecule has 2 fully saturated rings. The summed E-state index contributed by atoms with van der Waals surface area (Å²) in [6.07, 6.45) is 12.6. The van der Waals surface area contributed by atoms with Crippen LogP contribution in [0.4, 0.5) is 0 Å². The van der Waals surface area contributed by atoms with Crippen molar-refractivity contribution < 1.29 is 0 Å². The zero-order valence-electron chi connectivity index (χ0n) is 11.8. The van der Waals surface area contributed by atoms with Crippen LogP contribution in [0, 0.1) is 0 Å². The topological polar surface area (TPSA) is 15.3 Å². The number of nitrogens with zero attached hydrogens (tertiary/aromatic N) is 1. The second kappa shape index (κ2) is 6.19. The molecule has 0 bridgehead atoms. The summed E-state index contributed by atoms with van der Waals surface area (Å²) in [5.41, 5.74) is 0.483. The van der Waals surface area contributed by atoms with Gasteiger partial charge in [-0.2, -0.15) is 0 Å². The van der Waals surface area contributed by atoms with Crippen molar-refractivity contribution in [1.29, 1.82) is 0 Å². The minimum Gasteiger partial charge on any atom is -0.311 e. The van der Waals surface area contributed by atoms with Crippen LogP contribution < -0.4 is 5.32 Å². The molecule has 17 heavy (non-hydrogen) atoms. The Labute approximate surface area is 107 Å². The molecule has 1 N–H and O–H groups in total. The molecule has 2 aliphatic rings. The molecule has 0 aliphatic carbocycles. The van der Waals surface area contributed by atoms with Gasteiger partial charge in [0.2, 0.25) is 0 Å². The maximum atomic E-state index is 3.82. The maximum Gasteiger partial charge on any atom is 0.0179 e. The van der Waals surface area contributed by atoms with Gasteiger partial charge in [-0.1, -0.05) is 19.8 Å². The Morgan fingerprint density at radius 1 is 1.24 bits per heavy atom. The van der Waals surface area contributed by atoms with Gasteiger partial charge in [-0.25, -0.2) is 0 Å². The molecule has 0 spiro atoms. The van der Waals surface area contributed by atoms with E-state index in [0.29, 0.717) is 5.54 Å². The van der Waals surface area contributed by atoms with E-state index in [9.17, 15) is 0 Å². The van der Waals surface area contributed by atoms with E-state index in [2.05, 4.69) is 24.2 Å². The SMILES string of the molecule is CCC1(CCC2CCCCN2C)CCCCN1. The second-order valence-corrected chi connectivity index (χ2v) is 6.19. The quantitative estimate of drug-likeness (QED) is 0.809. The third kappa shape index (κ3) is 3.45. The van der Waals surface area contributed by atoms with Gasteiger partial charge in [0.25, 0.3) is 0 Å². The molecule has 2 nitrogen and oxygen atoms in total. The number of likely N-dealkylation sites (tertiary alicyclic amines) is 1. The summed E-state index contributed by atoms with van der Waals surface area (Å²) in [4.78, 5) is 2.59. The lowest BCUT2D eigenvalue weighted by Crippen LogP contribution is -2.49. The second-order valence-electron chi connectivity index (χ2n) is 6.19. The molecule has 0 radical (unpaired) electrons. The van der Waals surface area contributed by atoms with Crippen LogP contribution in [0.15, 0.2) is 0 Å². The van der Waals surface area contributed by atoms with Crippen molar-refractivity contribution in [2.24, 2.45) is 0 Å². The van der Waals surface area contributed by atoms with E-state index in [-0.39, 0.29) is 0 Å². The van der Waals surface area contributed by atoms with Gasteiger partial charge in [-0.15, -0.1) is 0 Å². The van der Waals surface area contributed by atoms with E-state index in [1.54, 1.807) is 0 Å². The lowest BCUT2D eigenvalue weighted by Gasteiger charge is -2.41. The fourth-order valence-corrected chi connectivity index (χ4v) is 3.67. The van der Waals surface area contributed by atoms with Crippen molar-refractivity contribution >= 4 is 0 Å². The lowest BCUT2D eigenvalue weighted by atomic mass is 9.80. The van der Waals surface area contributed by atoms with Crippen LogP contribution >= 0.6 is 0 Å². The molecule has 0 aromatic rings. The van der Waals surface area contributed by atoms with E-state index in [1.165, 1.54) is 70.9 Å². The largest absolute Gasteiger partial charge is 0.311 e. The van der Waals surface area contributed by atoms with Gasteiger partial charge < -0.3 is 10.2 Å². The van der Waals surface area contributed by atoms with Crippen molar-refractivity contribution in [3.05, 3.63) is 0 Å². The predicted molar refractivity (Wildman–Crippen MR) is 74.4 cm³/mol. The zero-order valence-corrected chi connectivity index (χ0v) is 11.8. The maximum absolute atomic E-state index is 3.82. The van der Waals surface area contributed by atoms with Gasteiger partial charge in [0, 0.05) is 11.6 Å². The van der Waals surface area contributed by atoms with Gasteiger partial charge in [0.15, 0.2) is 0 Å². The smallest absolute Gasteiger partial charge is 0.0179 e. The monoisotopic (exact) mass is 238 g/mol. The van der Waals surface area contributed by atoms with Crippen LogP contribution in [0.3, 0.4) is 0 Å². The van der Waals surface area contributed by atoms with E-state index in [0.717, 1.165) is 6.04 Å². The van der Waals surface area contributed by atoms with Crippen molar-refractivity contribution in [2.45, 2.75) is 76.3 Å². The molecule has 2 heteroatoms. The van der Waals surface area contributed by atoms with E-state index < -0.39 is 0 Å². The Kier molecular flexibility index (Phi) is 4.87. The van der Waals surface area contributed by atoms with Crippen LogP contribution in [-0.2, 0) is 0 Å². The number of piperidine rings is 2. The van der Waals surface area contributed by atoms with Crippen LogP contribution in [0.5, 0.6) is 0 Å². The van der Waals surface area contributed by atoms with E-state index in [1.807, 2.05) is 0 Å². The molecule has 2 atom stereocenters. The fourth-order valence-electron chi connectivity index (χ4n) is 3.67.